The van der Waals surface area contributed by atoms with Crippen LogP contribution in [0.15, 0.2) is 4.42 Å². The van der Waals surface area contributed by atoms with Crippen molar-refractivity contribution in [1.82, 2.24) is 20.1 Å². The van der Waals surface area contributed by atoms with E-state index in [4.69, 9.17) is 9.40 Å². The maximum atomic E-state index is 5.63. The fraction of sp³-hybridized carbons (Fsp3) is 0.706. The number of hydrogen-bond acceptors (Lipinski definition) is 6. The van der Waals surface area contributed by atoms with Gasteiger partial charge in [0.1, 0.15) is 0 Å². The first-order valence-electron chi connectivity index (χ1n) is 8.73. The average molecular weight is 332 g/mol. The van der Waals surface area contributed by atoms with Crippen LogP contribution >= 0.6 is 11.3 Å². The molecule has 2 atom stereocenters. The van der Waals surface area contributed by atoms with E-state index in [1.54, 1.807) is 4.88 Å². The van der Waals surface area contributed by atoms with Crippen LogP contribution in [-0.2, 0) is 12.8 Å². The predicted octanol–water partition coefficient (Wildman–Crippen LogP) is 3.65. The molecule has 5 nitrogen and oxygen atoms in total. The van der Waals surface area contributed by atoms with Crippen LogP contribution in [0.2, 0.25) is 0 Å². The molecule has 2 aliphatic rings. The summed E-state index contributed by atoms with van der Waals surface area (Å²) in [4.78, 5) is 9.00. The molecule has 1 saturated heterocycles. The van der Waals surface area contributed by atoms with Gasteiger partial charge in [0.2, 0.25) is 11.8 Å². The van der Waals surface area contributed by atoms with E-state index >= 15 is 0 Å². The van der Waals surface area contributed by atoms with Crippen LogP contribution in [0.25, 0.3) is 0 Å². The zero-order valence-corrected chi connectivity index (χ0v) is 14.7. The van der Waals surface area contributed by atoms with Gasteiger partial charge in [-0.3, -0.25) is 4.90 Å². The Morgan fingerprint density at radius 1 is 1.22 bits per heavy atom. The molecule has 0 saturated carbocycles. The van der Waals surface area contributed by atoms with Gasteiger partial charge in [0.25, 0.3) is 0 Å². The Labute approximate surface area is 141 Å². The SMILES string of the molecule is Cc1nnc([C@H](C)N2CCC[C@H](c3nc4c(s3)CCCC4)C2)o1. The summed E-state index contributed by atoms with van der Waals surface area (Å²) in [5, 5.41) is 9.53. The van der Waals surface area contributed by atoms with Gasteiger partial charge in [0.15, 0.2) is 0 Å². The number of rotatable bonds is 3. The first kappa shape index (κ1) is 15.3. The molecule has 6 heteroatoms. The van der Waals surface area contributed by atoms with Crippen molar-refractivity contribution in [1.29, 1.82) is 0 Å². The van der Waals surface area contributed by atoms with Gasteiger partial charge in [-0.2, -0.15) is 0 Å². The Bertz CT molecular complexity index is 656. The molecule has 2 aromatic heterocycles. The minimum absolute atomic E-state index is 0.189. The van der Waals surface area contributed by atoms with Crippen LogP contribution in [0.1, 0.15) is 71.9 Å². The zero-order chi connectivity index (χ0) is 15.8. The fourth-order valence-electron chi connectivity index (χ4n) is 3.74. The van der Waals surface area contributed by atoms with E-state index in [9.17, 15) is 0 Å². The summed E-state index contributed by atoms with van der Waals surface area (Å²) in [5.74, 6) is 1.94. The third kappa shape index (κ3) is 3.06. The predicted molar refractivity (Wildman–Crippen MR) is 89.8 cm³/mol. The number of likely N-dealkylation sites (tertiary alicyclic amines) is 1. The van der Waals surface area contributed by atoms with E-state index in [0.29, 0.717) is 11.8 Å². The molecule has 0 unspecified atom stereocenters. The van der Waals surface area contributed by atoms with Crippen LogP contribution in [0.4, 0.5) is 0 Å². The van der Waals surface area contributed by atoms with Crippen molar-refractivity contribution < 1.29 is 4.42 Å². The first-order chi connectivity index (χ1) is 11.2. The lowest BCUT2D eigenvalue weighted by molar-refractivity contribution is 0.138. The molecule has 0 N–H and O–H groups in total. The lowest BCUT2D eigenvalue weighted by Gasteiger charge is -2.34. The summed E-state index contributed by atoms with van der Waals surface area (Å²) in [7, 11) is 0. The minimum Gasteiger partial charge on any atom is -0.424 e. The first-order valence-corrected chi connectivity index (χ1v) is 9.55. The highest BCUT2D eigenvalue weighted by Crippen LogP contribution is 2.36. The molecule has 23 heavy (non-hydrogen) atoms. The Kier molecular flexibility index (Phi) is 4.20. The number of thiazole rings is 1. The fourth-order valence-corrected chi connectivity index (χ4v) is 5.02. The summed E-state index contributed by atoms with van der Waals surface area (Å²) in [6.45, 7) is 6.17. The van der Waals surface area contributed by atoms with Gasteiger partial charge in [-0.05, 0) is 52.0 Å². The smallest absolute Gasteiger partial charge is 0.233 e. The van der Waals surface area contributed by atoms with Gasteiger partial charge >= 0.3 is 0 Å². The summed E-state index contributed by atoms with van der Waals surface area (Å²) in [5.41, 5.74) is 1.38. The molecule has 4 rings (SSSR count). The van der Waals surface area contributed by atoms with Crippen LogP contribution in [0.5, 0.6) is 0 Å². The molecular weight excluding hydrogens is 308 g/mol. The van der Waals surface area contributed by atoms with Gasteiger partial charge in [0, 0.05) is 24.3 Å². The molecule has 0 bridgehead atoms. The molecule has 0 radical (unpaired) electrons. The number of piperidine rings is 1. The van der Waals surface area contributed by atoms with Crippen LogP contribution in [0.3, 0.4) is 0 Å². The second kappa shape index (κ2) is 6.32. The van der Waals surface area contributed by atoms with E-state index < -0.39 is 0 Å². The quantitative estimate of drug-likeness (QED) is 0.858. The van der Waals surface area contributed by atoms with Crippen molar-refractivity contribution in [2.75, 3.05) is 13.1 Å². The second-order valence-corrected chi connectivity index (χ2v) is 7.91. The summed E-state index contributed by atoms with van der Waals surface area (Å²) in [6, 6.07) is 0.189. The maximum absolute atomic E-state index is 5.63. The maximum Gasteiger partial charge on any atom is 0.233 e. The Hall–Kier alpha value is -1.27. The average Bonchev–Trinajstić information content (AvgIpc) is 3.20. The van der Waals surface area contributed by atoms with Crippen molar-refractivity contribution in [2.45, 2.75) is 64.3 Å². The molecule has 124 valence electrons. The van der Waals surface area contributed by atoms with E-state index in [1.807, 2.05) is 18.3 Å². The van der Waals surface area contributed by atoms with Gasteiger partial charge in [-0.25, -0.2) is 4.98 Å². The topological polar surface area (TPSA) is 55.1 Å². The lowest BCUT2D eigenvalue weighted by atomic mass is 9.97. The highest BCUT2D eigenvalue weighted by molar-refractivity contribution is 7.11. The van der Waals surface area contributed by atoms with Gasteiger partial charge in [0.05, 0.1) is 16.7 Å². The molecule has 1 aliphatic heterocycles. The molecular formula is C17H24N4OS. The normalized spacial score (nSPS) is 23.7. The van der Waals surface area contributed by atoms with Crippen molar-refractivity contribution in [3.63, 3.8) is 0 Å². The number of hydrogen-bond donors (Lipinski definition) is 0. The molecule has 3 heterocycles. The van der Waals surface area contributed by atoms with Crippen molar-refractivity contribution in [3.05, 3.63) is 27.4 Å². The number of fused-ring (bicyclic) bond motifs is 1. The Morgan fingerprint density at radius 3 is 2.87 bits per heavy atom. The van der Waals surface area contributed by atoms with Crippen LogP contribution in [-0.4, -0.2) is 33.2 Å². The van der Waals surface area contributed by atoms with E-state index in [-0.39, 0.29) is 6.04 Å². The van der Waals surface area contributed by atoms with E-state index in [1.165, 1.54) is 49.2 Å². The number of aromatic nitrogens is 3. The minimum atomic E-state index is 0.189. The monoisotopic (exact) mass is 332 g/mol. The molecule has 2 aromatic rings. The molecule has 0 spiro atoms. The number of aryl methyl sites for hydroxylation is 3. The molecule has 0 amide bonds. The van der Waals surface area contributed by atoms with E-state index in [2.05, 4.69) is 22.0 Å². The van der Waals surface area contributed by atoms with E-state index in [0.717, 1.165) is 19.0 Å². The molecule has 0 aromatic carbocycles. The second-order valence-electron chi connectivity index (χ2n) is 6.80. The van der Waals surface area contributed by atoms with Crippen molar-refractivity contribution >= 4 is 11.3 Å². The van der Waals surface area contributed by atoms with Crippen molar-refractivity contribution in [3.8, 4) is 0 Å². The summed E-state index contributed by atoms with van der Waals surface area (Å²) in [6.07, 6.45) is 7.52. The largest absolute Gasteiger partial charge is 0.424 e. The third-order valence-corrected chi connectivity index (χ3v) is 6.43. The van der Waals surface area contributed by atoms with Crippen molar-refractivity contribution in [2.24, 2.45) is 0 Å². The highest BCUT2D eigenvalue weighted by atomic mass is 32.1. The van der Waals surface area contributed by atoms with Crippen LogP contribution < -0.4 is 0 Å². The van der Waals surface area contributed by atoms with Crippen LogP contribution in [0, 0.1) is 6.92 Å². The summed E-state index contributed by atoms with van der Waals surface area (Å²) < 4.78 is 5.63. The highest BCUT2D eigenvalue weighted by Gasteiger charge is 2.30. The van der Waals surface area contributed by atoms with Gasteiger partial charge in [-0.1, -0.05) is 0 Å². The molecule has 1 aliphatic carbocycles. The lowest BCUT2D eigenvalue weighted by Crippen LogP contribution is -2.36. The molecule has 1 fully saturated rings. The van der Waals surface area contributed by atoms with Gasteiger partial charge < -0.3 is 4.42 Å². The standard InChI is InChI=1S/C17H24N4OS/c1-11(16-20-19-12(2)22-16)21-9-5-6-13(10-21)17-18-14-7-3-4-8-15(14)23-17/h11,13H,3-10H2,1-2H3/t11-,13-/m0/s1. The Morgan fingerprint density at radius 2 is 2.09 bits per heavy atom. The Balaban J connectivity index is 1.49. The third-order valence-electron chi connectivity index (χ3n) is 5.11. The zero-order valence-electron chi connectivity index (χ0n) is 13.9. The number of nitrogens with zero attached hydrogens (tertiary/aromatic N) is 4. The summed E-state index contributed by atoms with van der Waals surface area (Å²) >= 11 is 1.97. The van der Waals surface area contributed by atoms with Gasteiger partial charge in [-0.15, -0.1) is 21.5 Å².